The minimum Gasteiger partial charge on any atom is -0.496 e. The zero-order chi connectivity index (χ0) is 12.1. The third kappa shape index (κ3) is 4.31. The molecule has 1 heterocycles. The maximum Gasteiger partial charge on any atom is 0.191 e. The minimum absolute atomic E-state index is 0. The van der Waals surface area contributed by atoms with E-state index < -0.39 is 0 Å². The third-order valence-corrected chi connectivity index (χ3v) is 3.09. The maximum absolute atomic E-state index is 5.34. The predicted molar refractivity (Wildman–Crippen MR) is 87.9 cm³/mol. The van der Waals surface area contributed by atoms with Gasteiger partial charge in [0.1, 0.15) is 5.75 Å². The van der Waals surface area contributed by atoms with E-state index in [1.165, 1.54) is 0 Å². The first-order valence-electron chi connectivity index (χ1n) is 5.64. The van der Waals surface area contributed by atoms with Crippen molar-refractivity contribution < 1.29 is 4.74 Å². The summed E-state index contributed by atoms with van der Waals surface area (Å²) in [7, 11) is 1.68. The molecule has 2 rings (SSSR count). The molecule has 0 fully saturated rings. The number of rotatable bonds is 3. The number of guanidine groups is 1. The smallest absolute Gasteiger partial charge is 0.191 e. The van der Waals surface area contributed by atoms with Gasteiger partial charge in [-0.3, -0.25) is 4.99 Å². The fraction of sp³-hybridized carbons (Fsp3) is 0.417. The van der Waals surface area contributed by atoms with Crippen molar-refractivity contribution in [3.8, 4) is 5.75 Å². The van der Waals surface area contributed by atoms with E-state index in [0.29, 0.717) is 6.54 Å². The van der Waals surface area contributed by atoms with Crippen LogP contribution in [0.5, 0.6) is 5.75 Å². The van der Waals surface area contributed by atoms with Crippen molar-refractivity contribution in [2.24, 2.45) is 4.99 Å². The molecule has 4 nitrogen and oxygen atoms in total. The quantitative estimate of drug-likeness (QED) is 0.731. The molecule has 6 heteroatoms. The van der Waals surface area contributed by atoms with Gasteiger partial charge in [0.05, 0.1) is 7.11 Å². The van der Waals surface area contributed by atoms with Crippen LogP contribution in [-0.4, -0.2) is 26.2 Å². The van der Waals surface area contributed by atoms with Crippen molar-refractivity contribution in [2.45, 2.75) is 13.0 Å². The molecule has 0 amide bonds. The van der Waals surface area contributed by atoms with E-state index in [9.17, 15) is 0 Å². The highest BCUT2D eigenvalue weighted by molar-refractivity contribution is 14.0. The average molecular weight is 426 g/mol. The molecule has 0 radical (unpaired) electrons. The molecule has 1 aliphatic heterocycles. The number of nitrogens with zero attached hydrogens (tertiary/aromatic N) is 1. The zero-order valence-electron chi connectivity index (χ0n) is 10.2. The molecule has 1 aromatic carbocycles. The van der Waals surface area contributed by atoms with Crippen LogP contribution in [0, 0.1) is 0 Å². The molecule has 0 saturated carbocycles. The first kappa shape index (κ1) is 15.6. The van der Waals surface area contributed by atoms with Gasteiger partial charge in [-0.05, 0) is 18.6 Å². The second-order valence-corrected chi connectivity index (χ2v) is 4.74. The predicted octanol–water partition coefficient (Wildman–Crippen LogP) is 2.51. The molecule has 100 valence electrons. The lowest BCUT2D eigenvalue weighted by Gasteiger charge is -2.17. The summed E-state index contributed by atoms with van der Waals surface area (Å²) in [5.41, 5.74) is 1.12. The Morgan fingerprint density at radius 2 is 2.33 bits per heavy atom. The molecule has 0 atom stereocenters. The number of ether oxygens (including phenoxy) is 1. The number of hydrogen-bond donors (Lipinski definition) is 2. The van der Waals surface area contributed by atoms with Gasteiger partial charge in [-0.25, -0.2) is 0 Å². The number of methoxy groups -OCH3 is 1. The summed E-state index contributed by atoms with van der Waals surface area (Å²) in [6.07, 6.45) is 1.10. The Morgan fingerprint density at radius 1 is 1.50 bits per heavy atom. The highest BCUT2D eigenvalue weighted by Gasteiger charge is 2.06. The van der Waals surface area contributed by atoms with Gasteiger partial charge in [-0.2, -0.15) is 0 Å². The average Bonchev–Trinajstić information content (AvgIpc) is 2.38. The molecule has 0 aliphatic carbocycles. The third-order valence-electron chi connectivity index (χ3n) is 2.59. The molecule has 0 unspecified atom stereocenters. The molecule has 0 aromatic heterocycles. The molecule has 1 aromatic rings. The van der Waals surface area contributed by atoms with E-state index in [0.717, 1.165) is 41.3 Å². The highest BCUT2D eigenvalue weighted by Crippen LogP contribution is 2.23. The first-order chi connectivity index (χ1) is 8.29. The molecule has 0 bridgehead atoms. The van der Waals surface area contributed by atoms with E-state index >= 15 is 0 Å². The summed E-state index contributed by atoms with van der Waals surface area (Å²) in [6.45, 7) is 2.60. The molecule has 1 aliphatic rings. The zero-order valence-corrected chi connectivity index (χ0v) is 14.1. The summed E-state index contributed by atoms with van der Waals surface area (Å²) in [6, 6.07) is 6.02. The van der Waals surface area contributed by atoms with E-state index in [2.05, 4.69) is 31.6 Å². The molecular weight excluding hydrogens is 409 g/mol. The second kappa shape index (κ2) is 7.83. The molecule has 0 spiro atoms. The van der Waals surface area contributed by atoms with Crippen molar-refractivity contribution in [2.75, 3.05) is 20.2 Å². The van der Waals surface area contributed by atoms with Crippen LogP contribution in [0.3, 0.4) is 0 Å². The molecule has 18 heavy (non-hydrogen) atoms. The van der Waals surface area contributed by atoms with Gasteiger partial charge in [-0.15, -0.1) is 24.0 Å². The summed E-state index contributed by atoms with van der Waals surface area (Å²) in [5, 5.41) is 6.50. The first-order valence-corrected chi connectivity index (χ1v) is 6.43. The van der Waals surface area contributed by atoms with Crippen molar-refractivity contribution >= 4 is 45.9 Å². The van der Waals surface area contributed by atoms with E-state index in [4.69, 9.17) is 4.74 Å². The summed E-state index contributed by atoms with van der Waals surface area (Å²) < 4.78 is 6.36. The summed E-state index contributed by atoms with van der Waals surface area (Å²) in [4.78, 5) is 4.36. The number of nitrogens with one attached hydrogen (secondary N) is 2. The van der Waals surface area contributed by atoms with Gasteiger partial charge >= 0.3 is 0 Å². The van der Waals surface area contributed by atoms with Crippen LogP contribution < -0.4 is 15.4 Å². The van der Waals surface area contributed by atoms with E-state index in [1.54, 1.807) is 7.11 Å². The van der Waals surface area contributed by atoms with Crippen LogP contribution in [0.1, 0.15) is 12.0 Å². The van der Waals surface area contributed by atoms with E-state index in [-0.39, 0.29) is 24.0 Å². The van der Waals surface area contributed by atoms with E-state index in [1.807, 2.05) is 18.2 Å². The summed E-state index contributed by atoms with van der Waals surface area (Å²) >= 11 is 3.43. The number of benzene rings is 1. The molecular formula is C12H17BrIN3O. The SMILES string of the molecule is COc1cc(Br)ccc1CNC1=NCCCN1.I. The fourth-order valence-electron chi connectivity index (χ4n) is 1.69. The van der Waals surface area contributed by atoms with Gasteiger partial charge in [0.2, 0.25) is 0 Å². The Hall–Kier alpha value is -0.500. The standard InChI is InChI=1S/C12H16BrN3O.HI/c1-17-11-7-10(13)4-3-9(11)8-16-12-14-5-2-6-15-12;/h3-4,7H,2,5-6,8H2,1H3,(H2,14,15,16);1H. The Bertz CT molecular complexity index is 426. The highest BCUT2D eigenvalue weighted by atomic mass is 127. The fourth-order valence-corrected chi connectivity index (χ4v) is 2.03. The van der Waals surface area contributed by atoms with Crippen molar-refractivity contribution in [1.82, 2.24) is 10.6 Å². The van der Waals surface area contributed by atoms with Gasteiger partial charge in [0, 0.05) is 29.7 Å². The lowest BCUT2D eigenvalue weighted by Crippen LogP contribution is -2.40. The van der Waals surface area contributed by atoms with Crippen molar-refractivity contribution in [3.05, 3.63) is 28.2 Å². The van der Waals surface area contributed by atoms with Crippen LogP contribution in [0.2, 0.25) is 0 Å². The lowest BCUT2D eigenvalue weighted by molar-refractivity contribution is 0.408. The van der Waals surface area contributed by atoms with Crippen LogP contribution in [0.4, 0.5) is 0 Å². The van der Waals surface area contributed by atoms with Gasteiger partial charge in [-0.1, -0.05) is 22.0 Å². The second-order valence-electron chi connectivity index (χ2n) is 3.82. The lowest BCUT2D eigenvalue weighted by atomic mass is 10.2. The topological polar surface area (TPSA) is 45.6 Å². The summed E-state index contributed by atoms with van der Waals surface area (Å²) in [5.74, 6) is 1.75. The van der Waals surface area contributed by atoms with Gasteiger partial charge in [0.15, 0.2) is 5.96 Å². The monoisotopic (exact) mass is 425 g/mol. The Labute approximate surface area is 133 Å². The Balaban J connectivity index is 0.00000162. The van der Waals surface area contributed by atoms with Crippen molar-refractivity contribution in [3.63, 3.8) is 0 Å². The normalized spacial score (nSPS) is 14.0. The largest absolute Gasteiger partial charge is 0.496 e. The van der Waals surface area contributed by atoms with Crippen LogP contribution >= 0.6 is 39.9 Å². The number of hydrogen-bond acceptors (Lipinski definition) is 4. The van der Waals surface area contributed by atoms with Crippen LogP contribution in [0.25, 0.3) is 0 Å². The van der Waals surface area contributed by atoms with Crippen molar-refractivity contribution in [1.29, 1.82) is 0 Å². The maximum atomic E-state index is 5.34. The van der Waals surface area contributed by atoms with Gasteiger partial charge in [0.25, 0.3) is 0 Å². The minimum atomic E-state index is 0. The number of aliphatic imine (C=N–C) groups is 1. The number of halogens is 2. The van der Waals surface area contributed by atoms with Crippen LogP contribution in [-0.2, 0) is 6.54 Å². The molecule has 2 N–H and O–H groups in total. The van der Waals surface area contributed by atoms with Gasteiger partial charge < -0.3 is 15.4 Å². The molecule has 0 saturated heterocycles. The Kier molecular flexibility index (Phi) is 6.77. The van der Waals surface area contributed by atoms with Crippen LogP contribution in [0.15, 0.2) is 27.7 Å². The Morgan fingerprint density at radius 3 is 3.00 bits per heavy atom.